The van der Waals surface area contributed by atoms with E-state index in [1.54, 1.807) is 27.5 Å². The van der Waals surface area contributed by atoms with Gasteiger partial charge in [-0.15, -0.1) is 0 Å². The van der Waals surface area contributed by atoms with Gasteiger partial charge in [0.15, 0.2) is 5.82 Å². The molecule has 0 saturated carbocycles. The van der Waals surface area contributed by atoms with Crippen LogP contribution < -0.4 is 5.32 Å². The second-order valence-corrected chi connectivity index (χ2v) is 8.65. The SMILES string of the molecule is CCc1nc2ncccn2c1C(=O)NCc1ccc(-c2nc3n(n2)CCC(C(C)(F)F)C3)cc1. The number of carbonyl (C=O) groups is 1. The van der Waals surface area contributed by atoms with Crippen LogP contribution in [0.15, 0.2) is 42.7 Å². The van der Waals surface area contributed by atoms with E-state index in [0.29, 0.717) is 54.7 Å². The van der Waals surface area contributed by atoms with Crippen LogP contribution in [-0.4, -0.2) is 41.0 Å². The number of hydrogen-bond acceptors (Lipinski definition) is 5. The zero-order chi connectivity index (χ0) is 23.9. The molecule has 4 aromatic rings. The molecule has 5 rings (SSSR count). The number of aryl methyl sites for hydroxylation is 2. The Bertz CT molecular complexity index is 1340. The van der Waals surface area contributed by atoms with Gasteiger partial charge in [0.05, 0.1) is 5.69 Å². The lowest BCUT2D eigenvalue weighted by Crippen LogP contribution is -2.32. The minimum absolute atomic E-state index is 0.216. The summed E-state index contributed by atoms with van der Waals surface area (Å²) >= 11 is 0. The van der Waals surface area contributed by atoms with Crippen LogP contribution in [0.4, 0.5) is 8.78 Å². The highest BCUT2D eigenvalue weighted by molar-refractivity contribution is 5.94. The summed E-state index contributed by atoms with van der Waals surface area (Å²) in [6.07, 6.45) is 4.66. The largest absolute Gasteiger partial charge is 0.347 e. The number of carbonyl (C=O) groups excluding carboxylic acids is 1. The van der Waals surface area contributed by atoms with E-state index < -0.39 is 11.8 Å². The predicted molar refractivity (Wildman–Crippen MR) is 121 cm³/mol. The fraction of sp³-hybridized carbons (Fsp3) is 0.375. The van der Waals surface area contributed by atoms with E-state index in [-0.39, 0.29) is 12.3 Å². The van der Waals surface area contributed by atoms with Crippen LogP contribution in [0.3, 0.4) is 0 Å². The molecule has 0 saturated heterocycles. The van der Waals surface area contributed by atoms with Crippen LogP contribution in [0.25, 0.3) is 17.2 Å². The smallest absolute Gasteiger partial charge is 0.270 e. The Kier molecular flexibility index (Phi) is 5.59. The van der Waals surface area contributed by atoms with Crippen molar-refractivity contribution in [2.75, 3.05) is 0 Å². The maximum Gasteiger partial charge on any atom is 0.270 e. The fourth-order valence-electron chi connectivity index (χ4n) is 4.32. The van der Waals surface area contributed by atoms with Gasteiger partial charge in [0, 0.05) is 43.4 Å². The Morgan fingerprint density at radius 1 is 1.24 bits per heavy atom. The predicted octanol–water partition coefficient (Wildman–Crippen LogP) is 3.70. The van der Waals surface area contributed by atoms with Crippen LogP contribution in [0, 0.1) is 5.92 Å². The summed E-state index contributed by atoms with van der Waals surface area (Å²) in [5, 5.41) is 7.45. The van der Waals surface area contributed by atoms with Crippen molar-refractivity contribution in [2.45, 2.75) is 52.1 Å². The number of nitrogens with one attached hydrogen (secondary N) is 1. The first-order valence-electron chi connectivity index (χ1n) is 11.3. The lowest BCUT2D eigenvalue weighted by atomic mass is 9.92. The zero-order valence-electron chi connectivity index (χ0n) is 19.0. The van der Waals surface area contributed by atoms with Gasteiger partial charge >= 0.3 is 0 Å². The second-order valence-electron chi connectivity index (χ2n) is 8.65. The van der Waals surface area contributed by atoms with Crippen LogP contribution in [0.1, 0.15) is 47.8 Å². The highest BCUT2D eigenvalue weighted by atomic mass is 19.3. The Morgan fingerprint density at radius 2 is 2.03 bits per heavy atom. The van der Waals surface area contributed by atoms with E-state index in [0.717, 1.165) is 18.1 Å². The number of amides is 1. The van der Waals surface area contributed by atoms with Crippen molar-refractivity contribution in [2.24, 2.45) is 5.92 Å². The van der Waals surface area contributed by atoms with E-state index in [4.69, 9.17) is 0 Å². The molecule has 1 aliphatic heterocycles. The van der Waals surface area contributed by atoms with Crippen molar-refractivity contribution < 1.29 is 13.6 Å². The highest BCUT2D eigenvalue weighted by Crippen LogP contribution is 2.33. The number of imidazole rings is 1. The molecule has 10 heteroatoms. The summed E-state index contributed by atoms with van der Waals surface area (Å²) in [7, 11) is 0. The first-order valence-corrected chi connectivity index (χ1v) is 11.3. The van der Waals surface area contributed by atoms with E-state index in [1.807, 2.05) is 31.2 Å². The van der Waals surface area contributed by atoms with Crippen molar-refractivity contribution in [3.05, 3.63) is 65.5 Å². The van der Waals surface area contributed by atoms with Gasteiger partial charge in [-0.05, 0) is 31.4 Å². The molecule has 1 aromatic carbocycles. The molecule has 1 N–H and O–H groups in total. The minimum Gasteiger partial charge on any atom is -0.347 e. The maximum absolute atomic E-state index is 13.7. The molecule has 1 amide bonds. The number of fused-ring (bicyclic) bond motifs is 2. The third kappa shape index (κ3) is 4.15. The highest BCUT2D eigenvalue weighted by Gasteiger charge is 2.37. The van der Waals surface area contributed by atoms with Gasteiger partial charge in [0.1, 0.15) is 11.5 Å². The molecule has 1 aliphatic rings. The topological polar surface area (TPSA) is 90.0 Å². The second kappa shape index (κ2) is 8.58. The van der Waals surface area contributed by atoms with Crippen LogP contribution >= 0.6 is 0 Å². The number of halogens is 2. The summed E-state index contributed by atoms with van der Waals surface area (Å²) in [6.45, 7) is 3.71. The Labute approximate surface area is 195 Å². The summed E-state index contributed by atoms with van der Waals surface area (Å²) in [4.78, 5) is 26.0. The van der Waals surface area contributed by atoms with Gasteiger partial charge in [-0.25, -0.2) is 28.4 Å². The molecule has 0 bridgehead atoms. The Balaban J connectivity index is 1.27. The van der Waals surface area contributed by atoms with Crippen LogP contribution in [0.2, 0.25) is 0 Å². The monoisotopic (exact) mass is 465 g/mol. The average Bonchev–Trinajstić information content (AvgIpc) is 3.43. The molecule has 1 atom stereocenters. The van der Waals surface area contributed by atoms with Gasteiger partial charge in [-0.2, -0.15) is 5.10 Å². The Morgan fingerprint density at radius 3 is 2.76 bits per heavy atom. The van der Waals surface area contributed by atoms with E-state index in [9.17, 15) is 13.6 Å². The molecule has 4 heterocycles. The Hall–Kier alpha value is -3.69. The third-order valence-corrected chi connectivity index (χ3v) is 6.27. The van der Waals surface area contributed by atoms with Gasteiger partial charge in [0.25, 0.3) is 5.91 Å². The fourth-order valence-corrected chi connectivity index (χ4v) is 4.32. The molecule has 34 heavy (non-hydrogen) atoms. The van der Waals surface area contributed by atoms with E-state index >= 15 is 0 Å². The summed E-state index contributed by atoms with van der Waals surface area (Å²) in [5.41, 5.74) is 2.91. The van der Waals surface area contributed by atoms with Crippen molar-refractivity contribution in [1.82, 2.24) is 34.4 Å². The number of alkyl halides is 2. The molecule has 1 unspecified atom stereocenters. The quantitative estimate of drug-likeness (QED) is 0.469. The number of hydrogen-bond donors (Lipinski definition) is 1. The maximum atomic E-state index is 13.7. The van der Waals surface area contributed by atoms with Crippen molar-refractivity contribution >= 4 is 11.7 Å². The van der Waals surface area contributed by atoms with Gasteiger partial charge < -0.3 is 5.32 Å². The molecule has 176 valence electrons. The van der Waals surface area contributed by atoms with Gasteiger partial charge in [-0.3, -0.25) is 9.20 Å². The lowest BCUT2D eigenvalue weighted by Gasteiger charge is -2.26. The molecule has 0 fully saturated rings. The first kappa shape index (κ1) is 22.1. The summed E-state index contributed by atoms with van der Waals surface area (Å²) < 4.78 is 30.9. The lowest BCUT2D eigenvalue weighted by molar-refractivity contribution is -0.0495. The molecule has 3 aromatic heterocycles. The number of nitrogens with zero attached hydrogens (tertiary/aromatic N) is 6. The standard InChI is InChI=1S/C24H25F2N7O/c1-3-18-20(32-11-4-10-27-23(32)29-18)22(34)28-14-15-5-7-16(8-6-15)21-30-19-13-17(24(2,25)26)9-12-33(19)31-21/h4-8,10-11,17H,3,9,12-14H2,1-2H3,(H,28,34). The van der Waals surface area contributed by atoms with Crippen LogP contribution in [-0.2, 0) is 25.9 Å². The van der Waals surface area contributed by atoms with E-state index in [1.165, 1.54) is 0 Å². The average molecular weight is 466 g/mol. The van der Waals surface area contributed by atoms with Crippen molar-refractivity contribution in [1.29, 1.82) is 0 Å². The molecular formula is C24H25F2N7O. The van der Waals surface area contributed by atoms with Gasteiger partial charge in [-0.1, -0.05) is 31.2 Å². The summed E-state index contributed by atoms with van der Waals surface area (Å²) in [5.74, 6) is -2.03. The third-order valence-electron chi connectivity index (χ3n) is 6.27. The number of rotatable bonds is 6. The molecule has 0 radical (unpaired) electrons. The molecule has 0 spiro atoms. The van der Waals surface area contributed by atoms with Gasteiger partial charge in [0.2, 0.25) is 11.7 Å². The summed E-state index contributed by atoms with van der Waals surface area (Å²) in [6, 6.07) is 9.32. The zero-order valence-corrected chi connectivity index (χ0v) is 19.0. The molecular weight excluding hydrogens is 440 g/mol. The number of benzene rings is 1. The molecule has 0 aliphatic carbocycles. The minimum atomic E-state index is -2.72. The molecule has 8 nitrogen and oxygen atoms in total. The first-order chi connectivity index (χ1) is 16.3. The van der Waals surface area contributed by atoms with Crippen LogP contribution in [0.5, 0.6) is 0 Å². The van der Waals surface area contributed by atoms with Crippen molar-refractivity contribution in [3.8, 4) is 11.4 Å². The number of aromatic nitrogens is 6. The van der Waals surface area contributed by atoms with E-state index in [2.05, 4.69) is 25.4 Å². The van der Waals surface area contributed by atoms with Crippen molar-refractivity contribution in [3.63, 3.8) is 0 Å². The normalized spacial score (nSPS) is 15.9.